The Morgan fingerprint density at radius 3 is 1.49 bits per heavy atom. The fraction of sp³-hybridized carbons (Fsp3) is 0.0667. The van der Waals surface area contributed by atoms with Crippen LogP contribution in [0.1, 0.15) is 43.2 Å². The summed E-state index contributed by atoms with van der Waals surface area (Å²) in [4.78, 5) is 39.9. The molecule has 0 unspecified atom stereocenters. The molecular formula is C45H32N8O2. The zero-order chi connectivity index (χ0) is 36.9. The first-order valence-corrected chi connectivity index (χ1v) is 18.0. The Kier molecular flexibility index (Phi) is 7.73. The van der Waals surface area contributed by atoms with E-state index >= 15 is 0 Å². The minimum absolute atomic E-state index is 0.284. The van der Waals surface area contributed by atoms with Crippen LogP contribution in [-0.2, 0) is 13.1 Å². The number of nitrogens with one attached hydrogen (secondary N) is 2. The number of hydrogen-bond donors (Lipinski definition) is 2. The second-order valence-electron chi connectivity index (χ2n) is 13.8. The Hall–Kier alpha value is -7.46. The van der Waals surface area contributed by atoms with Crippen molar-refractivity contribution in [1.29, 1.82) is 0 Å². The first kappa shape index (κ1) is 32.2. The summed E-state index contributed by atoms with van der Waals surface area (Å²) in [5.74, 6) is -0.569. The van der Waals surface area contributed by atoms with E-state index in [-0.39, 0.29) is 11.8 Å². The maximum Gasteiger partial charge on any atom is 0.271 e. The fourth-order valence-electron chi connectivity index (χ4n) is 7.91. The normalized spacial score (nSPS) is 13.5. The summed E-state index contributed by atoms with van der Waals surface area (Å²) in [5.41, 5.74) is 12.6. The number of rotatable bonds is 6. The lowest BCUT2D eigenvalue weighted by molar-refractivity contribution is 0.0947. The van der Waals surface area contributed by atoms with Crippen LogP contribution in [0.4, 0.5) is 11.4 Å². The number of amides is 2. The average molecular weight is 717 g/mol. The van der Waals surface area contributed by atoms with Crippen LogP contribution >= 0.6 is 0 Å². The molecule has 2 bridgehead atoms. The molecule has 8 aromatic rings. The highest BCUT2D eigenvalue weighted by atomic mass is 16.2. The van der Waals surface area contributed by atoms with Crippen molar-refractivity contribution in [1.82, 2.24) is 20.8 Å². The van der Waals surface area contributed by atoms with E-state index in [9.17, 15) is 9.59 Å². The quantitative estimate of drug-likeness (QED) is 0.134. The Morgan fingerprint density at radius 2 is 1.00 bits per heavy atom. The molecule has 10 heteroatoms. The third-order valence-electron chi connectivity index (χ3n) is 10.6. The van der Waals surface area contributed by atoms with Gasteiger partial charge in [-0.2, -0.15) is 10.2 Å². The van der Waals surface area contributed by atoms with Gasteiger partial charge in [-0.15, -0.1) is 0 Å². The Labute approximate surface area is 315 Å². The fourth-order valence-corrected chi connectivity index (χ4v) is 7.91. The van der Waals surface area contributed by atoms with Crippen LogP contribution in [0, 0.1) is 0 Å². The maximum atomic E-state index is 13.1. The standard InChI is InChI=1S/C45H32N8O2/c54-44(50-48-23-40-36-7-3-1-5-28(36)17-19-46-40)32-9-13-34-30(21-32)11-15-42-38(34)25-52-27-53(42)26-39-35-14-10-33(22-31(35)12-16-43(39)52)45(55)51-49-24-41-37-8-4-2-6-29(37)18-20-47-41/h1-24H,25-27H2,(H,50,54)(H,51,55)/b48-23+,49-24+. The number of nitrogens with zero attached hydrogens (tertiary/aromatic N) is 6. The molecule has 0 saturated carbocycles. The lowest BCUT2D eigenvalue weighted by Crippen LogP contribution is -2.46. The van der Waals surface area contributed by atoms with Crippen molar-refractivity contribution in [2.75, 3.05) is 16.5 Å². The number of hydrogen-bond acceptors (Lipinski definition) is 8. The first-order chi connectivity index (χ1) is 27.1. The lowest BCUT2D eigenvalue weighted by Gasteiger charge is -2.45. The zero-order valence-corrected chi connectivity index (χ0v) is 29.5. The molecule has 2 aliphatic heterocycles. The second-order valence-corrected chi connectivity index (χ2v) is 13.8. The van der Waals surface area contributed by atoms with Gasteiger partial charge in [-0.1, -0.05) is 72.8 Å². The maximum absolute atomic E-state index is 13.1. The van der Waals surface area contributed by atoms with E-state index in [0.29, 0.717) is 22.5 Å². The molecule has 2 amide bonds. The molecule has 264 valence electrons. The minimum atomic E-state index is -0.284. The molecule has 0 atom stereocenters. The van der Waals surface area contributed by atoms with E-state index in [0.717, 1.165) is 62.8 Å². The van der Waals surface area contributed by atoms with Gasteiger partial charge in [-0.25, -0.2) is 10.9 Å². The first-order valence-electron chi connectivity index (χ1n) is 18.0. The van der Waals surface area contributed by atoms with Crippen LogP contribution in [0.5, 0.6) is 0 Å². The predicted molar refractivity (Wildman–Crippen MR) is 219 cm³/mol. The van der Waals surface area contributed by atoms with Gasteiger partial charge in [0.1, 0.15) is 0 Å². The lowest BCUT2D eigenvalue weighted by atomic mass is 9.93. The van der Waals surface area contributed by atoms with Gasteiger partial charge in [0, 0.05) is 69.9 Å². The number of carbonyl (C=O) groups is 2. The zero-order valence-electron chi connectivity index (χ0n) is 29.5. The van der Waals surface area contributed by atoms with E-state index < -0.39 is 0 Å². The van der Waals surface area contributed by atoms with Crippen molar-refractivity contribution in [2.24, 2.45) is 10.2 Å². The second kappa shape index (κ2) is 13.2. The largest absolute Gasteiger partial charge is 0.349 e. The summed E-state index contributed by atoms with van der Waals surface area (Å²) in [6.45, 7) is 2.25. The van der Waals surface area contributed by atoms with Gasteiger partial charge in [-0.3, -0.25) is 19.6 Å². The number of fused-ring (bicyclic) bond motifs is 12. The van der Waals surface area contributed by atoms with Crippen LogP contribution in [0.3, 0.4) is 0 Å². The number of aromatic nitrogens is 2. The van der Waals surface area contributed by atoms with Gasteiger partial charge in [-0.05, 0) is 80.8 Å². The molecule has 0 spiro atoms. The van der Waals surface area contributed by atoms with E-state index in [1.54, 1.807) is 24.8 Å². The summed E-state index contributed by atoms with van der Waals surface area (Å²) >= 11 is 0. The van der Waals surface area contributed by atoms with Crippen molar-refractivity contribution in [3.63, 3.8) is 0 Å². The third kappa shape index (κ3) is 5.77. The summed E-state index contributed by atoms with van der Waals surface area (Å²) in [7, 11) is 0. The van der Waals surface area contributed by atoms with Crippen molar-refractivity contribution in [2.45, 2.75) is 13.1 Å². The molecule has 0 saturated heterocycles. The van der Waals surface area contributed by atoms with E-state index in [2.05, 4.69) is 65.1 Å². The van der Waals surface area contributed by atoms with Crippen LogP contribution < -0.4 is 20.7 Å². The number of hydrazone groups is 2. The molecule has 0 radical (unpaired) electrons. The van der Waals surface area contributed by atoms with Crippen LogP contribution in [0.25, 0.3) is 43.1 Å². The molecule has 4 heterocycles. The summed E-state index contributed by atoms with van der Waals surface area (Å²) in [6, 6.07) is 39.9. The molecule has 10 rings (SSSR count). The highest BCUT2D eigenvalue weighted by Gasteiger charge is 2.31. The summed E-state index contributed by atoms with van der Waals surface area (Å²) in [5, 5.41) is 16.7. The highest BCUT2D eigenvalue weighted by molar-refractivity contribution is 6.04. The summed E-state index contributed by atoms with van der Waals surface area (Å²) < 4.78 is 0. The van der Waals surface area contributed by atoms with Gasteiger partial charge < -0.3 is 9.80 Å². The van der Waals surface area contributed by atoms with Crippen LogP contribution in [-0.4, -0.2) is 40.9 Å². The Morgan fingerprint density at radius 1 is 0.527 bits per heavy atom. The van der Waals surface area contributed by atoms with Gasteiger partial charge >= 0.3 is 0 Å². The molecule has 2 aliphatic rings. The average Bonchev–Trinajstić information content (AvgIpc) is 3.23. The van der Waals surface area contributed by atoms with Crippen molar-refractivity contribution in [3.05, 3.63) is 167 Å². The van der Waals surface area contributed by atoms with Gasteiger partial charge in [0.05, 0.1) is 30.5 Å². The Bertz CT molecular complexity index is 2730. The van der Waals surface area contributed by atoms with Crippen LogP contribution in [0.15, 0.2) is 144 Å². The van der Waals surface area contributed by atoms with Gasteiger partial charge in [0.2, 0.25) is 0 Å². The smallest absolute Gasteiger partial charge is 0.271 e. The minimum Gasteiger partial charge on any atom is -0.349 e. The van der Waals surface area contributed by atoms with E-state index in [1.807, 2.05) is 97.1 Å². The molecule has 2 aromatic heterocycles. The molecule has 2 N–H and O–H groups in total. The van der Waals surface area contributed by atoms with Crippen molar-refractivity contribution in [3.8, 4) is 0 Å². The van der Waals surface area contributed by atoms with Gasteiger partial charge in [0.25, 0.3) is 11.8 Å². The predicted octanol–water partition coefficient (Wildman–Crippen LogP) is 7.91. The van der Waals surface area contributed by atoms with Gasteiger partial charge in [0.15, 0.2) is 0 Å². The molecule has 55 heavy (non-hydrogen) atoms. The molecular weight excluding hydrogens is 685 g/mol. The monoisotopic (exact) mass is 716 g/mol. The van der Waals surface area contributed by atoms with E-state index in [1.165, 1.54) is 22.5 Å². The highest BCUT2D eigenvalue weighted by Crippen LogP contribution is 2.43. The third-order valence-corrected chi connectivity index (χ3v) is 10.6. The van der Waals surface area contributed by atoms with Crippen LogP contribution in [0.2, 0.25) is 0 Å². The number of benzene rings is 6. The van der Waals surface area contributed by atoms with Crippen molar-refractivity contribution < 1.29 is 9.59 Å². The molecule has 0 aliphatic carbocycles. The number of carbonyl (C=O) groups excluding carboxylic acids is 2. The SMILES string of the molecule is O=C(N/N=C/c1nccc2ccccc12)c1ccc2c3c(ccc2c1)N1Cc2c(ccc4cc(C(=O)N/N=C/c5nccc6ccccc56)ccc24)N(C3)C1. The number of pyridine rings is 2. The van der Waals surface area contributed by atoms with E-state index in [4.69, 9.17) is 0 Å². The topological polar surface area (TPSA) is 115 Å². The molecule has 0 fully saturated rings. The van der Waals surface area contributed by atoms with Crippen molar-refractivity contribution >= 4 is 78.7 Å². The Balaban J connectivity index is 0.862. The number of anilines is 2. The molecule has 6 aromatic carbocycles. The summed E-state index contributed by atoms with van der Waals surface area (Å²) in [6.07, 6.45) is 6.64. The molecule has 10 nitrogen and oxygen atoms in total.